The molecule has 5 nitrogen and oxygen atoms in total. The Hall–Kier alpha value is -2.04. The molecular weight excluding hydrogens is 230 g/mol. The quantitative estimate of drug-likeness (QED) is 0.704. The van der Waals surface area contributed by atoms with Gasteiger partial charge in [-0.3, -0.25) is 9.59 Å². The maximum Gasteiger partial charge on any atom is 0.251 e. The lowest BCUT2D eigenvalue weighted by Crippen LogP contribution is -2.29. The molecule has 18 heavy (non-hydrogen) atoms. The van der Waals surface area contributed by atoms with Crippen molar-refractivity contribution in [2.24, 2.45) is 0 Å². The predicted molar refractivity (Wildman–Crippen MR) is 71.6 cm³/mol. The van der Waals surface area contributed by atoms with Crippen LogP contribution in [0.15, 0.2) is 24.3 Å². The summed E-state index contributed by atoms with van der Waals surface area (Å²) in [5, 5.41) is 8.35. The fourth-order valence-corrected chi connectivity index (χ4v) is 1.46. The number of benzene rings is 1. The third-order valence-electron chi connectivity index (χ3n) is 2.44. The maximum atomic E-state index is 11.7. The van der Waals surface area contributed by atoms with Crippen LogP contribution >= 0.6 is 0 Å². The van der Waals surface area contributed by atoms with Crippen molar-refractivity contribution in [3.05, 3.63) is 29.8 Å². The predicted octanol–water partition coefficient (Wildman–Crippen LogP) is 0.984. The Morgan fingerprint density at radius 2 is 1.83 bits per heavy atom. The molecule has 0 aliphatic heterocycles. The molecule has 0 saturated carbocycles. The lowest BCUT2D eigenvalue weighted by molar-refractivity contribution is -0.120. The van der Waals surface area contributed by atoms with Crippen LogP contribution < -0.4 is 16.0 Å². The second kappa shape index (κ2) is 7.32. The molecule has 3 N–H and O–H groups in total. The van der Waals surface area contributed by atoms with Crippen LogP contribution in [0.3, 0.4) is 0 Å². The topological polar surface area (TPSA) is 70.2 Å². The van der Waals surface area contributed by atoms with Crippen molar-refractivity contribution in [3.63, 3.8) is 0 Å². The van der Waals surface area contributed by atoms with Crippen LogP contribution in [-0.4, -0.2) is 32.0 Å². The van der Waals surface area contributed by atoms with Gasteiger partial charge in [-0.25, -0.2) is 0 Å². The van der Waals surface area contributed by atoms with E-state index in [1.807, 2.05) is 19.1 Å². The first kappa shape index (κ1) is 14.0. The highest BCUT2D eigenvalue weighted by atomic mass is 16.2. The Morgan fingerprint density at radius 1 is 1.17 bits per heavy atom. The van der Waals surface area contributed by atoms with Gasteiger partial charge in [-0.1, -0.05) is 0 Å². The molecule has 0 aliphatic rings. The molecule has 0 radical (unpaired) electrons. The average molecular weight is 249 g/mol. The van der Waals surface area contributed by atoms with E-state index in [4.69, 9.17) is 0 Å². The fourth-order valence-electron chi connectivity index (χ4n) is 1.46. The highest BCUT2D eigenvalue weighted by molar-refractivity contribution is 5.94. The van der Waals surface area contributed by atoms with E-state index in [1.54, 1.807) is 19.2 Å². The van der Waals surface area contributed by atoms with Gasteiger partial charge in [-0.15, -0.1) is 0 Å². The van der Waals surface area contributed by atoms with Crippen molar-refractivity contribution in [2.45, 2.75) is 13.3 Å². The molecule has 1 aromatic rings. The van der Waals surface area contributed by atoms with Crippen LogP contribution in [-0.2, 0) is 4.79 Å². The summed E-state index contributed by atoms with van der Waals surface area (Å²) in [6, 6.07) is 7.23. The Labute approximate surface area is 107 Å². The summed E-state index contributed by atoms with van der Waals surface area (Å²) >= 11 is 0. The molecule has 98 valence electrons. The van der Waals surface area contributed by atoms with Crippen molar-refractivity contribution in [1.82, 2.24) is 10.6 Å². The van der Waals surface area contributed by atoms with Crippen molar-refractivity contribution >= 4 is 17.5 Å². The van der Waals surface area contributed by atoms with Gasteiger partial charge in [0.05, 0.1) is 0 Å². The average Bonchev–Trinajstić information content (AvgIpc) is 2.39. The number of carbonyl (C=O) groups excluding carboxylic acids is 2. The molecule has 2 amide bonds. The first-order chi connectivity index (χ1) is 8.67. The van der Waals surface area contributed by atoms with Crippen LogP contribution in [0.1, 0.15) is 23.7 Å². The second-order valence-electron chi connectivity index (χ2n) is 3.79. The Balaban J connectivity index is 2.44. The van der Waals surface area contributed by atoms with Gasteiger partial charge in [0.1, 0.15) is 0 Å². The Kier molecular flexibility index (Phi) is 5.70. The summed E-state index contributed by atoms with van der Waals surface area (Å²) in [4.78, 5) is 22.7. The monoisotopic (exact) mass is 249 g/mol. The summed E-state index contributed by atoms with van der Waals surface area (Å²) < 4.78 is 0. The van der Waals surface area contributed by atoms with Crippen LogP contribution in [0, 0.1) is 0 Å². The summed E-state index contributed by atoms with van der Waals surface area (Å²) in [6.07, 6.45) is 0.289. The molecule has 0 fully saturated rings. The maximum absolute atomic E-state index is 11.7. The van der Waals surface area contributed by atoms with Crippen LogP contribution in [0.4, 0.5) is 5.69 Å². The fraction of sp³-hybridized carbons (Fsp3) is 0.385. The zero-order chi connectivity index (χ0) is 13.4. The number of hydrogen-bond acceptors (Lipinski definition) is 3. The minimum atomic E-state index is -0.165. The summed E-state index contributed by atoms with van der Waals surface area (Å²) in [5.41, 5.74) is 1.58. The molecule has 5 heteroatoms. The lowest BCUT2D eigenvalue weighted by atomic mass is 10.2. The largest absolute Gasteiger partial charge is 0.385 e. The number of rotatable bonds is 6. The van der Waals surface area contributed by atoms with Crippen LogP contribution in [0.5, 0.6) is 0 Å². The molecule has 0 unspecified atom stereocenters. The third kappa shape index (κ3) is 4.45. The molecule has 1 aromatic carbocycles. The highest BCUT2D eigenvalue weighted by Gasteiger charge is 2.05. The SMILES string of the molecule is CCNc1ccc(C(=O)NCCC(=O)NC)cc1. The van der Waals surface area contributed by atoms with Crippen LogP contribution in [0.25, 0.3) is 0 Å². The number of anilines is 1. The van der Waals surface area contributed by atoms with E-state index >= 15 is 0 Å². The van der Waals surface area contributed by atoms with E-state index in [-0.39, 0.29) is 18.2 Å². The van der Waals surface area contributed by atoms with Gasteiger partial charge in [-0.2, -0.15) is 0 Å². The van der Waals surface area contributed by atoms with Crippen molar-refractivity contribution in [3.8, 4) is 0 Å². The van der Waals surface area contributed by atoms with Crippen molar-refractivity contribution < 1.29 is 9.59 Å². The van der Waals surface area contributed by atoms with E-state index in [1.165, 1.54) is 0 Å². The first-order valence-corrected chi connectivity index (χ1v) is 6.00. The molecule has 0 heterocycles. The smallest absolute Gasteiger partial charge is 0.251 e. The molecule has 0 saturated heterocycles. The number of hydrogen-bond donors (Lipinski definition) is 3. The van der Waals surface area contributed by atoms with Crippen molar-refractivity contribution in [1.29, 1.82) is 0 Å². The minimum absolute atomic E-state index is 0.0854. The van der Waals surface area contributed by atoms with E-state index in [9.17, 15) is 9.59 Å². The highest BCUT2D eigenvalue weighted by Crippen LogP contribution is 2.08. The molecule has 0 spiro atoms. The second-order valence-corrected chi connectivity index (χ2v) is 3.79. The van der Waals surface area contributed by atoms with Gasteiger partial charge >= 0.3 is 0 Å². The zero-order valence-electron chi connectivity index (χ0n) is 10.7. The Morgan fingerprint density at radius 3 is 2.39 bits per heavy atom. The molecule has 0 atom stereocenters. The molecule has 1 rings (SSSR count). The van der Waals surface area contributed by atoms with E-state index < -0.39 is 0 Å². The van der Waals surface area contributed by atoms with Gasteiger partial charge in [0.2, 0.25) is 5.91 Å². The number of nitrogens with one attached hydrogen (secondary N) is 3. The first-order valence-electron chi connectivity index (χ1n) is 6.00. The lowest BCUT2D eigenvalue weighted by Gasteiger charge is -2.06. The molecular formula is C13H19N3O2. The zero-order valence-corrected chi connectivity index (χ0v) is 10.7. The minimum Gasteiger partial charge on any atom is -0.385 e. The van der Waals surface area contributed by atoms with E-state index in [0.717, 1.165) is 12.2 Å². The van der Waals surface area contributed by atoms with Crippen LogP contribution in [0.2, 0.25) is 0 Å². The summed E-state index contributed by atoms with van der Waals surface area (Å²) in [5.74, 6) is -0.250. The molecule has 0 bridgehead atoms. The van der Waals surface area contributed by atoms with E-state index in [0.29, 0.717) is 12.1 Å². The standard InChI is InChI=1S/C13H19N3O2/c1-3-15-11-6-4-10(5-7-11)13(18)16-9-8-12(17)14-2/h4-7,15H,3,8-9H2,1-2H3,(H,14,17)(H,16,18). The Bertz CT molecular complexity index is 401. The van der Waals surface area contributed by atoms with Gasteiger partial charge in [-0.05, 0) is 31.2 Å². The third-order valence-corrected chi connectivity index (χ3v) is 2.44. The van der Waals surface area contributed by atoms with Gasteiger partial charge in [0.15, 0.2) is 0 Å². The van der Waals surface area contributed by atoms with Gasteiger partial charge in [0.25, 0.3) is 5.91 Å². The number of amides is 2. The van der Waals surface area contributed by atoms with E-state index in [2.05, 4.69) is 16.0 Å². The normalized spacial score (nSPS) is 9.67. The molecule has 0 aromatic heterocycles. The van der Waals surface area contributed by atoms with Gasteiger partial charge in [0, 0.05) is 37.8 Å². The van der Waals surface area contributed by atoms with Gasteiger partial charge < -0.3 is 16.0 Å². The summed E-state index contributed by atoms with van der Waals surface area (Å²) in [6.45, 7) is 3.20. The number of carbonyl (C=O) groups is 2. The van der Waals surface area contributed by atoms with Crippen molar-refractivity contribution in [2.75, 3.05) is 25.5 Å². The summed E-state index contributed by atoms with van der Waals surface area (Å²) in [7, 11) is 1.57. The molecule has 0 aliphatic carbocycles.